The standard InChI is InChI=1S/C11H14N4O4S/c1-2-14(8-4-7-12)20(18,19)10-6-3-5-9(13)11(10)15(16)17/h3,5-6H,2,4,8,13H2,1H3. The Hall–Kier alpha value is -2.18. The van der Waals surface area contributed by atoms with E-state index in [0.29, 0.717) is 0 Å². The maximum absolute atomic E-state index is 12.4. The van der Waals surface area contributed by atoms with Crippen molar-refractivity contribution in [3.05, 3.63) is 28.3 Å². The lowest BCUT2D eigenvalue weighted by Gasteiger charge is -2.19. The van der Waals surface area contributed by atoms with Crippen molar-refractivity contribution < 1.29 is 13.3 Å². The van der Waals surface area contributed by atoms with Crippen LogP contribution in [0.15, 0.2) is 23.1 Å². The molecule has 1 aromatic rings. The number of hydrogen-bond donors (Lipinski definition) is 1. The van der Waals surface area contributed by atoms with Crippen molar-refractivity contribution in [2.75, 3.05) is 18.8 Å². The summed E-state index contributed by atoms with van der Waals surface area (Å²) in [6.07, 6.45) is 0.00316. The molecule has 1 rings (SSSR count). The maximum Gasteiger partial charge on any atom is 0.312 e. The highest BCUT2D eigenvalue weighted by Gasteiger charge is 2.32. The van der Waals surface area contributed by atoms with Gasteiger partial charge in [-0.1, -0.05) is 13.0 Å². The Balaban J connectivity index is 3.39. The highest BCUT2D eigenvalue weighted by Crippen LogP contribution is 2.31. The normalized spacial score (nSPS) is 11.2. The fourth-order valence-electron chi connectivity index (χ4n) is 1.70. The van der Waals surface area contributed by atoms with Gasteiger partial charge < -0.3 is 5.73 Å². The molecule has 0 saturated heterocycles. The summed E-state index contributed by atoms with van der Waals surface area (Å²) in [5, 5.41) is 19.5. The second kappa shape index (κ2) is 6.31. The van der Waals surface area contributed by atoms with E-state index in [-0.39, 0.29) is 25.2 Å². The lowest BCUT2D eigenvalue weighted by atomic mass is 10.3. The molecule has 0 aliphatic carbocycles. The summed E-state index contributed by atoms with van der Waals surface area (Å²) < 4.78 is 25.8. The average molecular weight is 298 g/mol. The van der Waals surface area contributed by atoms with Crippen LogP contribution in [0, 0.1) is 21.4 Å². The third kappa shape index (κ3) is 3.04. The van der Waals surface area contributed by atoms with Crippen LogP contribution in [0.3, 0.4) is 0 Å². The van der Waals surface area contributed by atoms with Gasteiger partial charge in [0, 0.05) is 19.5 Å². The second-order valence-corrected chi connectivity index (χ2v) is 5.76. The van der Waals surface area contributed by atoms with Crippen LogP contribution in [0.1, 0.15) is 13.3 Å². The molecule has 9 heteroatoms. The molecule has 2 N–H and O–H groups in total. The summed E-state index contributed by atoms with van der Waals surface area (Å²) in [6.45, 7) is 1.67. The van der Waals surface area contributed by atoms with Crippen LogP contribution in [0.4, 0.5) is 11.4 Å². The van der Waals surface area contributed by atoms with E-state index in [2.05, 4.69) is 0 Å². The molecule has 0 spiro atoms. The first-order valence-corrected chi connectivity index (χ1v) is 7.20. The van der Waals surface area contributed by atoms with Crippen LogP contribution < -0.4 is 5.73 Å². The van der Waals surface area contributed by atoms with E-state index in [1.165, 1.54) is 12.1 Å². The van der Waals surface area contributed by atoms with Crippen molar-refractivity contribution in [1.82, 2.24) is 4.31 Å². The van der Waals surface area contributed by atoms with Crippen molar-refractivity contribution in [2.45, 2.75) is 18.2 Å². The van der Waals surface area contributed by atoms with Crippen LogP contribution in [-0.4, -0.2) is 30.7 Å². The summed E-state index contributed by atoms with van der Waals surface area (Å²) in [7, 11) is -4.06. The van der Waals surface area contributed by atoms with Gasteiger partial charge in [-0.25, -0.2) is 8.42 Å². The Morgan fingerprint density at radius 1 is 1.50 bits per heavy atom. The van der Waals surface area contributed by atoms with Gasteiger partial charge in [0.1, 0.15) is 5.69 Å². The first kappa shape index (κ1) is 15.9. The van der Waals surface area contributed by atoms with Crippen molar-refractivity contribution in [3.8, 4) is 6.07 Å². The van der Waals surface area contributed by atoms with Gasteiger partial charge in [-0.2, -0.15) is 9.57 Å². The van der Waals surface area contributed by atoms with Gasteiger partial charge in [0.15, 0.2) is 4.90 Å². The van der Waals surface area contributed by atoms with E-state index in [1.807, 2.05) is 6.07 Å². The molecule has 0 bridgehead atoms. The molecule has 0 heterocycles. The fourth-order valence-corrected chi connectivity index (χ4v) is 3.34. The zero-order valence-electron chi connectivity index (χ0n) is 10.8. The predicted octanol–water partition coefficient (Wildman–Crippen LogP) is 1.10. The molecule has 0 aliphatic rings. The molecule has 0 aromatic heterocycles. The number of hydrogen-bond acceptors (Lipinski definition) is 6. The SMILES string of the molecule is CCN(CCC#N)S(=O)(=O)c1cccc(N)c1[N+](=O)[O-]. The molecule has 8 nitrogen and oxygen atoms in total. The topological polar surface area (TPSA) is 130 Å². The Labute approximate surface area is 116 Å². The number of benzene rings is 1. The summed E-state index contributed by atoms with van der Waals surface area (Å²) in [5.41, 5.74) is 4.63. The van der Waals surface area contributed by atoms with Gasteiger partial charge in [0.05, 0.1) is 11.0 Å². The van der Waals surface area contributed by atoms with E-state index in [0.717, 1.165) is 10.4 Å². The number of nitrogen functional groups attached to an aromatic ring is 1. The number of nitro groups is 1. The molecule has 0 unspecified atom stereocenters. The van der Waals surface area contributed by atoms with Gasteiger partial charge in [-0.05, 0) is 12.1 Å². The smallest absolute Gasteiger partial charge is 0.312 e. The van der Waals surface area contributed by atoms with E-state index >= 15 is 0 Å². The maximum atomic E-state index is 12.4. The summed E-state index contributed by atoms with van der Waals surface area (Å²) >= 11 is 0. The minimum absolute atomic E-state index is 0.00316. The van der Waals surface area contributed by atoms with E-state index in [9.17, 15) is 18.5 Å². The molecule has 0 saturated carbocycles. The molecule has 0 radical (unpaired) electrons. The molecule has 1 aromatic carbocycles. The van der Waals surface area contributed by atoms with Crippen LogP contribution in [0.2, 0.25) is 0 Å². The number of anilines is 1. The number of nitro benzene ring substituents is 1. The number of para-hydroxylation sites is 1. The molecule has 0 aliphatic heterocycles. The van der Waals surface area contributed by atoms with Crippen LogP contribution >= 0.6 is 0 Å². The fraction of sp³-hybridized carbons (Fsp3) is 0.364. The molecular weight excluding hydrogens is 284 g/mol. The van der Waals surface area contributed by atoms with E-state index < -0.39 is 25.5 Å². The summed E-state index contributed by atoms with van der Waals surface area (Å²) in [4.78, 5) is 9.73. The highest BCUT2D eigenvalue weighted by atomic mass is 32.2. The summed E-state index contributed by atoms with van der Waals surface area (Å²) in [5.74, 6) is 0. The average Bonchev–Trinajstić information content (AvgIpc) is 2.38. The van der Waals surface area contributed by atoms with E-state index in [1.54, 1.807) is 6.92 Å². The van der Waals surface area contributed by atoms with Gasteiger partial charge >= 0.3 is 5.69 Å². The van der Waals surface area contributed by atoms with Gasteiger partial charge in [-0.15, -0.1) is 0 Å². The zero-order chi connectivity index (χ0) is 15.3. The van der Waals surface area contributed by atoms with Crippen LogP contribution in [0.25, 0.3) is 0 Å². The molecule has 0 amide bonds. The Bertz CT molecular complexity index is 651. The van der Waals surface area contributed by atoms with Crippen molar-refractivity contribution in [1.29, 1.82) is 5.26 Å². The van der Waals surface area contributed by atoms with Gasteiger partial charge in [0.2, 0.25) is 10.0 Å². The highest BCUT2D eigenvalue weighted by molar-refractivity contribution is 7.89. The molecule has 0 fully saturated rings. The first-order valence-electron chi connectivity index (χ1n) is 5.76. The van der Waals surface area contributed by atoms with Crippen LogP contribution in [-0.2, 0) is 10.0 Å². The van der Waals surface area contributed by atoms with Crippen molar-refractivity contribution >= 4 is 21.4 Å². The van der Waals surface area contributed by atoms with Gasteiger partial charge in [0.25, 0.3) is 0 Å². The molecule has 20 heavy (non-hydrogen) atoms. The number of nitrogens with two attached hydrogens (primary N) is 1. The van der Waals surface area contributed by atoms with E-state index in [4.69, 9.17) is 11.0 Å². The lowest BCUT2D eigenvalue weighted by molar-refractivity contribution is -0.386. The number of nitrogens with zero attached hydrogens (tertiary/aromatic N) is 3. The van der Waals surface area contributed by atoms with Gasteiger partial charge in [-0.3, -0.25) is 10.1 Å². The largest absolute Gasteiger partial charge is 0.393 e. The predicted molar refractivity (Wildman–Crippen MR) is 72.2 cm³/mol. The number of nitriles is 1. The number of sulfonamides is 1. The molecule has 108 valence electrons. The first-order chi connectivity index (χ1) is 9.36. The minimum atomic E-state index is -4.06. The lowest BCUT2D eigenvalue weighted by Crippen LogP contribution is -2.32. The number of rotatable bonds is 6. The Morgan fingerprint density at radius 3 is 2.65 bits per heavy atom. The monoisotopic (exact) mass is 298 g/mol. The third-order valence-electron chi connectivity index (χ3n) is 2.66. The Kier molecular flexibility index (Phi) is 5.01. The van der Waals surface area contributed by atoms with Crippen molar-refractivity contribution in [3.63, 3.8) is 0 Å². The molecular formula is C11H14N4O4S. The molecule has 0 atom stereocenters. The Morgan fingerprint density at radius 2 is 2.15 bits per heavy atom. The zero-order valence-corrected chi connectivity index (χ0v) is 11.6. The van der Waals surface area contributed by atoms with Crippen molar-refractivity contribution in [2.24, 2.45) is 0 Å². The van der Waals surface area contributed by atoms with Crippen LogP contribution in [0.5, 0.6) is 0 Å². The third-order valence-corrected chi connectivity index (χ3v) is 4.66. The quantitative estimate of drug-likeness (QED) is 0.475. The summed E-state index contributed by atoms with van der Waals surface area (Å²) in [6, 6.07) is 5.59. The second-order valence-electron chi connectivity index (χ2n) is 3.86. The minimum Gasteiger partial charge on any atom is -0.393 e.